The predicted octanol–water partition coefficient (Wildman–Crippen LogP) is 1.13. The molecular weight excluding hydrogens is 336 g/mol. The molecule has 23 heavy (non-hydrogen) atoms. The number of sulfone groups is 1. The van der Waals surface area contributed by atoms with Gasteiger partial charge in [0.05, 0.1) is 17.3 Å². The Labute approximate surface area is 140 Å². The number of rotatable bonds is 6. The first-order chi connectivity index (χ1) is 10.9. The molecule has 1 atom stereocenters. The summed E-state index contributed by atoms with van der Waals surface area (Å²) in [6.07, 6.45) is 2.78. The second-order valence-electron chi connectivity index (χ2n) is 6.55. The number of carbonyl (C=O) groups is 1. The highest BCUT2D eigenvalue weighted by atomic mass is 32.2. The summed E-state index contributed by atoms with van der Waals surface area (Å²) >= 11 is 1.37. The molecule has 1 saturated heterocycles. The van der Waals surface area contributed by atoms with E-state index in [1.54, 1.807) is 0 Å². The quantitative estimate of drug-likeness (QED) is 0.766. The van der Waals surface area contributed by atoms with Crippen molar-refractivity contribution in [2.24, 2.45) is 0 Å². The van der Waals surface area contributed by atoms with Gasteiger partial charge in [0.1, 0.15) is 5.82 Å². The van der Waals surface area contributed by atoms with E-state index >= 15 is 0 Å². The SMILES string of the molecule is CC(C)c1nnc(SCC(=O)NC2CCS(=O)(=O)C2)n1C1CC1. The van der Waals surface area contributed by atoms with Crippen LogP contribution in [-0.4, -0.2) is 52.4 Å². The molecule has 9 heteroatoms. The molecule has 2 fully saturated rings. The van der Waals surface area contributed by atoms with Gasteiger partial charge in [-0.05, 0) is 19.3 Å². The first kappa shape index (κ1) is 16.8. The van der Waals surface area contributed by atoms with Crippen LogP contribution in [0.1, 0.15) is 50.9 Å². The summed E-state index contributed by atoms with van der Waals surface area (Å²) in [5, 5.41) is 12.1. The molecule has 0 aromatic carbocycles. The van der Waals surface area contributed by atoms with Gasteiger partial charge >= 0.3 is 0 Å². The topological polar surface area (TPSA) is 94.0 Å². The zero-order chi connectivity index (χ0) is 16.6. The maximum Gasteiger partial charge on any atom is 0.230 e. The standard InChI is InChI=1S/C14H22N4O3S2/c1-9(2)13-16-17-14(18(13)11-3-4-11)22-7-12(19)15-10-5-6-23(20,21)8-10/h9-11H,3-8H2,1-2H3,(H,15,19). The third kappa shape index (κ3) is 4.06. The van der Waals surface area contributed by atoms with Gasteiger partial charge in [0.15, 0.2) is 15.0 Å². The van der Waals surface area contributed by atoms with Gasteiger partial charge in [-0.1, -0.05) is 25.6 Å². The fourth-order valence-corrected chi connectivity index (χ4v) is 5.26. The molecule has 1 aromatic rings. The van der Waals surface area contributed by atoms with Crippen LogP contribution < -0.4 is 5.32 Å². The lowest BCUT2D eigenvalue weighted by atomic mass is 10.2. The van der Waals surface area contributed by atoms with Crippen molar-refractivity contribution in [3.8, 4) is 0 Å². The van der Waals surface area contributed by atoms with E-state index in [4.69, 9.17) is 0 Å². The Bertz CT molecular complexity index is 695. The molecule has 1 unspecified atom stereocenters. The molecule has 1 aromatic heterocycles. The van der Waals surface area contributed by atoms with E-state index in [-0.39, 0.29) is 29.2 Å². The zero-order valence-electron chi connectivity index (χ0n) is 13.4. The first-order valence-corrected chi connectivity index (χ1v) is 10.7. The summed E-state index contributed by atoms with van der Waals surface area (Å²) in [4.78, 5) is 12.0. The average molecular weight is 358 g/mol. The molecule has 1 amide bonds. The van der Waals surface area contributed by atoms with Crippen molar-refractivity contribution >= 4 is 27.5 Å². The Morgan fingerprint density at radius 1 is 1.35 bits per heavy atom. The van der Waals surface area contributed by atoms with E-state index < -0.39 is 9.84 Å². The van der Waals surface area contributed by atoms with Gasteiger partial charge in [-0.2, -0.15) is 0 Å². The van der Waals surface area contributed by atoms with Crippen LogP contribution in [-0.2, 0) is 14.6 Å². The lowest BCUT2D eigenvalue weighted by Gasteiger charge is -2.12. The first-order valence-electron chi connectivity index (χ1n) is 7.93. The van der Waals surface area contributed by atoms with Crippen LogP contribution in [0.15, 0.2) is 5.16 Å². The molecule has 7 nitrogen and oxygen atoms in total. The molecule has 1 aliphatic carbocycles. The van der Waals surface area contributed by atoms with Crippen LogP contribution in [0.3, 0.4) is 0 Å². The largest absolute Gasteiger partial charge is 0.352 e. The third-order valence-electron chi connectivity index (χ3n) is 4.05. The maximum atomic E-state index is 12.0. The zero-order valence-corrected chi connectivity index (χ0v) is 15.0. The highest BCUT2D eigenvalue weighted by molar-refractivity contribution is 7.99. The van der Waals surface area contributed by atoms with Crippen molar-refractivity contribution in [2.75, 3.05) is 17.3 Å². The molecule has 1 aliphatic heterocycles. The number of nitrogens with one attached hydrogen (secondary N) is 1. The van der Waals surface area contributed by atoms with Gasteiger partial charge in [0.25, 0.3) is 0 Å². The van der Waals surface area contributed by atoms with Crippen LogP contribution >= 0.6 is 11.8 Å². The van der Waals surface area contributed by atoms with E-state index in [9.17, 15) is 13.2 Å². The Morgan fingerprint density at radius 2 is 2.09 bits per heavy atom. The Morgan fingerprint density at radius 3 is 2.65 bits per heavy atom. The van der Waals surface area contributed by atoms with E-state index in [0.29, 0.717) is 18.4 Å². The minimum absolute atomic E-state index is 0.0547. The van der Waals surface area contributed by atoms with Crippen molar-refractivity contribution < 1.29 is 13.2 Å². The number of hydrogen-bond acceptors (Lipinski definition) is 6. The van der Waals surface area contributed by atoms with Gasteiger partial charge in [-0.15, -0.1) is 10.2 Å². The van der Waals surface area contributed by atoms with Gasteiger partial charge in [0.2, 0.25) is 5.91 Å². The molecule has 0 radical (unpaired) electrons. The monoisotopic (exact) mass is 358 g/mol. The van der Waals surface area contributed by atoms with Gasteiger partial charge in [-0.3, -0.25) is 4.79 Å². The number of nitrogens with zero attached hydrogens (tertiary/aromatic N) is 3. The Hall–Kier alpha value is -1.09. The van der Waals surface area contributed by atoms with E-state index in [1.165, 1.54) is 11.8 Å². The molecule has 0 bridgehead atoms. The van der Waals surface area contributed by atoms with Crippen LogP contribution in [0.5, 0.6) is 0 Å². The lowest BCUT2D eigenvalue weighted by Crippen LogP contribution is -2.36. The minimum Gasteiger partial charge on any atom is -0.352 e. The van der Waals surface area contributed by atoms with Gasteiger partial charge in [-0.25, -0.2) is 8.42 Å². The third-order valence-corrected chi connectivity index (χ3v) is 6.76. The molecule has 2 heterocycles. The van der Waals surface area contributed by atoms with E-state index in [2.05, 4.69) is 33.9 Å². The normalized spacial score (nSPS) is 23.3. The predicted molar refractivity (Wildman–Crippen MR) is 88.3 cm³/mol. The molecule has 1 saturated carbocycles. The maximum absolute atomic E-state index is 12.0. The summed E-state index contributed by atoms with van der Waals surface area (Å²) in [7, 11) is -2.97. The summed E-state index contributed by atoms with van der Waals surface area (Å²) in [5.41, 5.74) is 0. The number of aromatic nitrogens is 3. The van der Waals surface area contributed by atoms with Crippen LogP contribution in [0, 0.1) is 0 Å². The van der Waals surface area contributed by atoms with Gasteiger partial charge < -0.3 is 9.88 Å². The number of carbonyl (C=O) groups excluding carboxylic acids is 1. The molecule has 0 spiro atoms. The summed E-state index contributed by atoms with van der Waals surface area (Å²) < 4.78 is 25.0. The van der Waals surface area contributed by atoms with Crippen molar-refractivity contribution in [2.45, 2.75) is 56.3 Å². The highest BCUT2D eigenvalue weighted by Gasteiger charge is 2.31. The Balaban J connectivity index is 1.57. The second kappa shape index (κ2) is 6.43. The van der Waals surface area contributed by atoms with Crippen molar-refractivity contribution in [3.05, 3.63) is 5.82 Å². The number of thioether (sulfide) groups is 1. The van der Waals surface area contributed by atoms with Crippen molar-refractivity contribution in [3.63, 3.8) is 0 Å². The van der Waals surface area contributed by atoms with Crippen LogP contribution in [0.25, 0.3) is 0 Å². The summed E-state index contributed by atoms with van der Waals surface area (Å²) in [5.74, 6) is 1.58. The highest BCUT2D eigenvalue weighted by Crippen LogP contribution is 2.40. The molecule has 2 aliphatic rings. The molecule has 3 rings (SSSR count). The average Bonchev–Trinajstić information content (AvgIpc) is 3.12. The summed E-state index contributed by atoms with van der Waals surface area (Å²) in [6, 6.07) is 0.216. The van der Waals surface area contributed by atoms with E-state index in [0.717, 1.165) is 23.8 Å². The van der Waals surface area contributed by atoms with Crippen molar-refractivity contribution in [1.82, 2.24) is 20.1 Å². The van der Waals surface area contributed by atoms with Crippen LogP contribution in [0.4, 0.5) is 0 Å². The van der Waals surface area contributed by atoms with Crippen LogP contribution in [0.2, 0.25) is 0 Å². The fourth-order valence-electron chi connectivity index (χ4n) is 2.76. The Kier molecular flexibility index (Phi) is 4.68. The lowest BCUT2D eigenvalue weighted by molar-refractivity contribution is -0.119. The molecule has 128 valence electrons. The smallest absolute Gasteiger partial charge is 0.230 e. The molecule has 1 N–H and O–H groups in total. The second-order valence-corrected chi connectivity index (χ2v) is 9.72. The number of amides is 1. The molecular formula is C14H22N4O3S2. The van der Waals surface area contributed by atoms with E-state index in [1.807, 2.05) is 0 Å². The summed E-state index contributed by atoms with van der Waals surface area (Å²) in [6.45, 7) is 4.18. The van der Waals surface area contributed by atoms with Crippen molar-refractivity contribution in [1.29, 1.82) is 0 Å². The number of hydrogen-bond donors (Lipinski definition) is 1. The minimum atomic E-state index is -2.97. The fraction of sp³-hybridized carbons (Fsp3) is 0.786. The van der Waals surface area contributed by atoms with Gasteiger partial charge in [0, 0.05) is 18.0 Å².